The summed E-state index contributed by atoms with van der Waals surface area (Å²) in [7, 11) is 1.59. The van der Waals surface area contributed by atoms with E-state index in [1.807, 2.05) is 53.4 Å². The number of amides is 2. The van der Waals surface area contributed by atoms with Crippen LogP contribution in [0.4, 0.5) is 0 Å². The number of benzene rings is 2. The van der Waals surface area contributed by atoms with Gasteiger partial charge in [0.2, 0.25) is 24.4 Å². The molecule has 2 aliphatic heterocycles. The SMILES string of the molecule is COc1cc(CC2CN(C(C)=O)/C(=C/c3ccccc3)CN2C(C)=O)cc2c1OCO2. The van der Waals surface area contributed by atoms with Crippen molar-refractivity contribution in [1.29, 1.82) is 0 Å². The van der Waals surface area contributed by atoms with E-state index in [-0.39, 0.29) is 24.6 Å². The molecular weight excluding hydrogens is 396 g/mol. The highest BCUT2D eigenvalue weighted by atomic mass is 16.7. The van der Waals surface area contributed by atoms with Crippen LogP contribution in [0, 0.1) is 0 Å². The number of ether oxygens (including phenoxy) is 3. The molecule has 1 saturated heterocycles. The highest BCUT2D eigenvalue weighted by Gasteiger charge is 2.34. The van der Waals surface area contributed by atoms with Crippen molar-refractivity contribution < 1.29 is 23.8 Å². The summed E-state index contributed by atoms with van der Waals surface area (Å²) in [6.07, 6.45) is 2.53. The van der Waals surface area contributed by atoms with E-state index in [4.69, 9.17) is 14.2 Å². The van der Waals surface area contributed by atoms with Gasteiger partial charge in [-0.15, -0.1) is 0 Å². The van der Waals surface area contributed by atoms with Gasteiger partial charge in [-0.1, -0.05) is 30.3 Å². The molecule has 1 fully saturated rings. The van der Waals surface area contributed by atoms with Crippen molar-refractivity contribution in [2.75, 3.05) is 27.0 Å². The molecule has 0 N–H and O–H groups in total. The maximum absolute atomic E-state index is 12.5. The number of hydrogen-bond acceptors (Lipinski definition) is 5. The molecule has 7 heteroatoms. The molecule has 0 saturated carbocycles. The van der Waals surface area contributed by atoms with Crippen molar-refractivity contribution in [2.24, 2.45) is 0 Å². The summed E-state index contributed by atoms with van der Waals surface area (Å²) in [5, 5.41) is 0. The maximum Gasteiger partial charge on any atom is 0.231 e. The van der Waals surface area contributed by atoms with Crippen molar-refractivity contribution in [3.8, 4) is 17.2 Å². The molecule has 2 amide bonds. The molecule has 4 rings (SSSR count). The first-order valence-corrected chi connectivity index (χ1v) is 10.2. The second-order valence-electron chi connectivity index (χ2n) is 7.71. The quantitative estimate of drug-likeness (QED) is 0.758. The van der Waals surface area contributed by atoms with Gasteiger partial charge in [-0.3, -0.25) is 9.59 Å². The largest absolute Gasteiger partial charge is 0.493 e. The van der Waals surface area contributed by atoms with Gasteiger partial charge < -0.3 is 24.0 Å². The van der Waals surface area contributed by atoms with E-state index in [9.17, 15) is 9.59 Å². The highest BCUT2D eigenvalue weighted by Crippen LogP contribution is 2.42. The third-order valence-electron chi connectivity index (χ3n) is 5.62. The molecule has 2 aliphatic rings. The first kappa shape index (κ1) is 20.8. The smallest absolute Gasteiger partial charge is 0.231 e. The molecule has 2 aromatic carbocycles. The van der Waals surface area contributed by atoms with Crippen LogP contribution in [0.1, 0.15) is 25.0 Å². The van der Waals surface area contributed by atoms with Crippen LogP contribution in [0.2, 0.25) is 0 Å². The molecule has 0 aliphatic carbocycles. The van der Waals surface area contributed by atoms with Crippen molar-refractivity contribution in [3.63, 3.8) is 0 Å². The van der Waals surface area contributed by atoms with Gasteiger partial charge in [0.1, 0.15) is 0 Å². The minimum absolute atomic E-state index is 0.0279. The number of rotatable bonds is 4. The molecule has 162 valence electrons. The Kier molecular flexibility index (Phi) is 5.84. The maximum atomic E-state index is 12.5. The molecule has 0 bridgehead atoms. The monoisotopic (exact) mass is 422 g/mol. The van der Waals surface area contributed by atoms with Crippen molar-refractivity contribution in [1.82, 2.24) is 9.80 Å². The third-order valence-corrected chi connectivity index (χ3v) is 5.62. The van der Waals surface area contributed by atoms with Crippen molar-refractivity contribution in [2.45, 2.75) is 26.3 Å². The Labute approximate surface area is 181 Å². The fourth-order valence-electron chi connectivity index (χ4n) is 4.13. The number of carbonyl (C=O) groups is 2. The zero-order valence-corrected chi connectivity index (χ0v) is 18.0. The molecule has 1 atom stereocenters. The van der Waals surface area contributed by atoms with E-state index < -0.39 is 0 Å². The molecule has 2 aromatic rings. The molecule has 2 heterocycles. The van der Waals surface area contributed by atoms with Gasteiger partial charge in [0, 0.05) is 26.1 Å². The van der Waals surface area contributed by atoms with Crippen LogP contribution in [0.5, 0.6) is 17.2 Å². The normalized spacial score (nSPS) is 18.9. The summed E-state index contributed by atoms with van der Waals surface area (Å²) < 4.78 is 16.4. The number of fused-ring (bicyclic) bond motifs is 1. The molecule has 0 radical (unpaired) electrons. The summed E-state index contributed by atoms with van der Waals surface area (Å²) in [5.74, 6) is 1.76. The second-order valence-corrected chi connectivity index (χ2v) is 7.71. The Morgan fingerprint density at radius 1 is 1.13 bits per heavy atom. The fraction of sp³-hybridized carbons (Fsp3) is 0.333. The number of piperazine rings is 1. The molecule has 31 heavy (non-hydrogen) atoms. The average Bonchev–Trinajstić information content (AvgIpc) is 3.23. The summed E-state index contributed by atoms with van der Waals surface area (Å²) in [6, 6.07) is 13.5. The Hall–Kier alpha value is -3.48. The molecule has 0 spiro atoms. The summed E-state index contributed by atoms with van der Waals surface area (Å²) in [4.78, 5) is 28.6. The van der Waals surface area contributed by atoms with Crippen LogP contribution in [-0.4, -0.2) is 54.6 Å². The van der Waals surface area contributed by atoms with E-state index in [1.165, 1.54) is 0 Å². The minimum atomic E-state index is -0.167. The van der Waals surface area contributed by atoms with Crippen LogP contribution in [0.3, 0.4) is 0 Å². The number of hydrogen-bond donors (Lipinski definition) is 0. The summed E-state index contributed by atoms with van der Waals surface area (Å²) in [6.45, 7) is 4.07. The van der Waals surface area contributed by atoms with Gasteiger partial charge in [-0.2, -0.15) is 0 Å². The van der Waals surface area contributed by atoms with Crippen LogP contribution in [-0.2, 0) is 16.0 Å². The van der Waals surface area contributed by atoms with E-state index in [0.717, 1.165) is 16.8 Å². The fourth-order valence-corrected chi connectivity index (χ4v) is 4.13. The molecule has 1 unspecified atom stereocenters. The second kappa shape index (κ2) is 8.71. The van der Waals surface area contributed by atoms with Gasteiger partial charge in [0.15, 0.2) is 11.5 Å². The third kappa shape index (κ3) is 4.35. The van der Waals surface area contributed by atoms with Gasteiger partial charge in [0.05, 0.1) is 19.7 Å². The average molecular weight is 422 g/mol. The summed E-state index contributed by atoms with van der Waals surface area (Å²) in [5.41, 5.74) is 2.76. The molecular formula is C24H26N2O5. The number of nitrogens with zero attached hydrogens (tertiary/aromatic N) is 2. The van der Waals surface area contributed by atoms with Crippen LogP contribution < -0.4 is 14.2 Å². The van der Waals surface area contributed by atoms with Crippen molar-refractivity contribution in [3.05, 3.63) is 59.3 Å². The number of methoxy groups -OCH3 is 1. The first-order chi connectivity index (χ1) is 15.0. The molecule has 0 aromatic heterocycles. The van der Waals surface area contributed by atoms with Crippen molar-refractivity contribution >= 4 is 17.9 Å². The minimum Gasteiger partial charge on any atom is -0.493 e. The molecule has 7 nitrogen and oxygen atoms in total. The Balaban J connectivity index is 1.63. The lowest BCUT2D eigenvalue weighted by molar-refractivity contribution is -0.137. The standard InChI is InChI=1S/C24H26N2O5/c1-16(27)25-14-21(10-19-11-22(29-3)24-23(12-19)30-15-31-24)26(17(2)28)13-20(25)9-18-7-5-4-6-8-18/h4-9,11-12,21H,10,13-15H2,1-3H3/b20-9+. The first-order valence-electron chi connectivity index (χ1n) is 10.2. The summed E-state index contributed by atoms with van der Waals surface area (Å²) >= 11 is 0. The topological polar surface area (TPSA) is 68.3 Å². The highest BCUT2D eigenvalue weighted by molar-refractivity contribution is 5.80. The Morgan fingerprint density at radius 2 is 1.90 bits per heavy atom. The van der Waals surface area contributed by atoms with E-state index in [1.54, 1.807) is 25.9 Å². The van der Waals surface area contributed by atoms with Gasteiger partial charge in [0.25, 0.3) is 0 Å². The van der Waals surface area contributed by atoms with Gasteiger partial charge in [-0.05, 0) is 35.8 Å². The van der Waals surface area contributed by atoms with Crippen LogP contribution in [0.15, 0.2) is 48.2 Å². The lowest BCUT2D eigenvalue weighted by Crippen LogP contribution is -2.55. The lowest BCUT2D eigenvalue weighted by Gasteiger charge is -2.42. The van der Waals surface area contributed by atoms with Gasteiger partial charge >= 0.3 is 0 Å². The van der Waals surface area contributed by atoms with E-state index in [0.29, 0.717) is 36.8 Å². The lowest BCUT2D eigenvalue weighted by atomic mass is 9.99. The van der Waals surface area contributed by atoms with Crippen LogP contribution >= 0.6 is 0 Å². The predicted molar refractivity (Wildman–Crippen MR) is 116 cm³/mol. The zero-order chi connectivity index (χ0) is 22.0. The zero-order valence-electron chi connectivity index (χ0n) is 18.0. The Morgan fingerprint density at radius 3 is 2.58 bits per heavy atom. The van der Waals surface area contributed by atoms with Gasteiger partial charge in [-0.25, -0.2) is 0 Å². The predicted octanol–water partition coefficient (Wildman–Crippen LogP) is 3.09. The number of carbonyl (C=O) groups excluding carboxylic acids is 2. The van der Waals surface area contributed by atoms with E-state index in [2.05, 4.69) is 0 Å². The van der Waals surface area contributed by atoms with Crippen LogP contribution in [0.25, 0.3) is 6.08 Å². The Bertz CT molecular complexity index is 1020. The van der Waals surface area contributed by atoms with E-state index >= 15 is 0 Å².